The van der Waals surface area contributed by atoms with Gasteiger partial charge in [-0.2, -0.15) is 0 Å². The highest BCUT2D eigenvalue weighted by molar-refractivity contribution is 5.81. The highest BCUT2D eigenvalue weighted by atomic mass is 16.1. The second-order valence-corrected chi connectivity index (χ2v) is 5.54. The van der Waals surface area contributed by atoms with E-state index in [-0.39, 0.29) is 6.04 Å². The van der Waals surface area contributed by atoms with Crippen LogP contribution in [0.4, 0.5) is 0 Å². The summed E-state index contributed by atoms with van der Waals surface area (Å²) in [4.78, 5) is 11.9. The number of hydrogen-bond acceptors (Lipinski definition) is 2. The maximum Gasteiger partial charge on any atom is 0.137 e. The fourth-order valence-electron chi connectivity index (χ4n) is 2.22. The number of ketones is 1. The zero-order valence-corrected chi connectivity index (χ0v) is 10.3. The van der Waals surface area contributed by atoms with Crippen LogP contribution in [0.15, 0.2) is 0 Å². The van der Waals surface area contributed by atoms with Gasteiger partial charge in [0.25, 0.3) is 0 Å². The van der Waals surface area contributed by atoms with Gasteiger partial charge in [-0.3, -0.25) is 4.79 Å². The molecule has 88 valence electrons. The van der Waals surface area contributed by atoms with Gasteiger partial charge in [-0.05, 0) is 24.7 Å². The van der Waals surface area contributed by atoms with E-state index in [1.807, 2.05) is 0 Å². The lowest BCUT2D eigenvalue weighted by molar-refractivity contribution is -0.124. The summed E-state index contributed by atoms with van der Waals surface area (Å²) in [7, 11) is 0. The summed E-state index contributed by atoms with van der Waals surface area (Å²) in [5.41, 5.74) is 5.93. The molecule has 1 unspecified atom stereocenters. The Hall–Kier alpha value is -0.370. The maximum absolute atomic E-state index is 11.9. The molecule has 0 aromatic heterocycles. The Bertz CT molecular complexity index is 205. The van der Waals surface area contributed by atoms with Crippen LogP contribution in [0.25, 0.3) is 0 Å². The third kappa shape index (κ3) is 3.94. The zero-order valence-electron chi connectivity index (χ0n) is 10.3. The van der Waals surface area contributed by atoms with Gasteiger partial charge < -0.3 is 5.73 Å². The Morgan fingerprint density at radius 3 is 2.27 bits per heavy atom. The van der Waals surface area contributed by atoms with E-state index in [2.05, 4.69) is 20.8 Å². The van der Waals surface area contributed by atoms with E-state index in [0.29, 0.717) is 24.0 Å². The summed E-state index contributed by atoms with van der Waals surface area (Å²) in [6.07, 6.45) is 5.19. The summed E-state index contributed by atoms with van der Waals surface area (Å²) in [5.74, 6) is 1.94. The first-order chi connectivity index (χ1) is 7.00. The molecule has 0 heterocycles. The average molecular weight is 211 g/mol. The molecule has 1 fully saturated rings. The first-order valence-electron chi connectivity index (χ1n) is 6.29. The second kappa shape index (κ2) is 5.64. The minimum atomic E-state index is 0.0526. The van der Waals surface area contributed by atoms with Gasteiger partial charge >= 0.3 is 0 Å². The lowest BCUT2D eigenvalue weighted by atomic mass is 9.79. The van der Waals surface area contributed by atoms with E-state index < -0.39 is 0 Å². The number of hydrogen-bond donors (Lipinski definition) is 1. The number of nitrogens with two attached hydrogens (primary N) is 1. The van der Waals surface area contributed by atoms with Gasteiger partial charge in [0.2, 0.25) is 0 Å². The van der Waals surface area contributed by atoms with Crippen LogP contribution < -0.4 is 5.73 Å². The summed E-state index contributed by atoms with van der Waals surface area (Å²) in [6, 6.07) is 0.0526. The quantitative estimate of drug-likeness (QED) is 0.777. The first kappa shape index (κ1) is 12.7. The molecule has 0 bridgehead atoms. The standard InChI is InChI=1S/C13H25NO/c1-9(2)12(14)8-13(15)11-6-4-10(3)5-7-11/h9-12H,4-8,14H2,1-3H3. The smallest absolute Gasteiger partial charge is 0.137 e. The SMILES string of the molecule is CC1CCC(C(=O)CC(N)C(C)C)CC1. The predicted octanol–water partition coefficient (Wildman–Crippen LogP) is 2.76. The van der Waals surface area contributed by atoms with Crippen molar-refractivity contribution in [3.8, 4) is 0 Å². The van der Waals surface area contributed by atoms with Crippen LogP contribution in [0.5, 0.6) is 0 Å². The van der Waals surface area contributed by atoms with Crippen molar-refractivity contribution < 1.29 is 4.79 Å². The molecule has 2 N–H and O–H groups in total. The molecular formula is C13H25NO. The Kier molecular flexibility index (Phi) is 4.78. The lowest BCUT2D eigenvalue weighted by Crippen LogP contribution is -2.32. The van der Waals surface area contributed by atoms with Gasteiger partial charge in [0.05, 0.1) is 0 Å². The zero-order chi connectivity index (χ0) is 11.4. The minimum Gasteiger partial charge on any atom is -0.327 e. The Labute approximate surface area is 93.6 Å². The maximum atomic E-state index is 11.9. The van der Waals surface area contributed by atoms with E-state index in [0.717, 1.165) is 18.8 Å². The molecule has 0 aromatic carbocycles. The van der Waals surface area contributed by atoms with Crippen molar-refractivity contribution in [1.29, 1.82) is 0 Å². The Morgan fingerprint density at radius 2 is 1.80 bits per heavy atom. The molecule has 0 aliphatic heterocycles. The van der Waals surface area contributed by atoms with E-state index in [1.165, 1.54) is 12.8 Å². The van der Waals surface area contributed by atoms with Crippen LogP contribution in [-0.2, 0) is 4.79 Å². The molecule has 2 heteroatoms. The third-order valence-electron chi connectivity index (χ3n) is 3.76. The van der Waals surface area contributed by atoms with Crippen molar-refractivity contribution in [2.75, 3.05) is 0 Å². The first-order valence-corrected chi connectivity index (χ1v) is 6.29. The largest absolute Gasteiger partial charge is 0.327 e. The minimum absolute atomic E-state index is 0.0526. The Balaban J connectivity index is 2.34. The molecule has 0 spiro atoms. The molecule has 1 rings (SSSR count). The molecule has 0 amide bonds. The highest BCUT2D eigenvalue weighted by Crippen LogP contribution is 2.29. The van der Waals surface area contributed by atoms with Crippen LogP contribution in [0, 0.1) is 17.8 Å². The monoisotopic (exact) mass is 211 g/mol. The Morgan fingerprint density at radius 1 is 1.27 bits per heavy atom. The average Bonchev–Trinajstić information content (AvgIpc) is 2.18. The van der Waals surface area contributed by atoms with Crippen molar-refractivity contribution in [1.82, 2.24) is 0 Å². The second-order valence-electron chi connectivity index (χ2n) is 5.54. The molecule has 1 saturated carbocycles. The van der Waals surface area contributed by atoms with Crippen LogP contribution >= 0.6 is 0 Å². The van der Waals surface area contributed by atoms with Gasteiger partial charge in [-0.15, -0.1) is 0 Å². The highest BCUT2D eigenvalue weighted by Gasteiger charge is 2.25. The molecule has 15 heavy (non-hydrogen) atoms. The lowest BCUT2D eigenvalue weighted by Gasteiger charge is -2.26. The fourth-order valence-corrected chi connectivity index (χ4v) is 2.22. The summed E-state index contributed by atoms with van der Waals surface area (Å²) >= 11 is 0. The van der Waals surface area contributed by atoms with Gasteiger partial charge in [-0.1, -0.05) is 33.6 Å². The van der Waals surface area contributed by atoms with Crippen molar-refractivity contribution in [2.45, 2.75) is 58.9 Å². The molecule has 0 radical (unpaired) electrons. The van der Waals surface area contributed by atoms with E-state index in [4.69, 9.17) is 5.73 Å². The van der Waals surface area contributed by atoms with Crippen LogP contribution in [0.3, 0.4) is 0 Å². The summed E-state index contributed by atoms with van der Waals surface area (Å²) in [5, 5.41) is 0. The molecule has 1 atom stereocenters. The van der Waals surface area contributed by atoms with Crippen LogP contribution in [-0.4, -0.2) is 11.8 Å². The number of carbonyl (C=O) groups is 1. The van der Waals surface area contributed by atoms with E-state index in [9.17, 15) is 4.79 Å². The van der Waals surface area contributed by atoms with Gasteiger partial charge in [0.1, 0.15) is 5.78 Å². The molecule has 1 aliphatic carbocycles. The number of Topliss-reactive ketones (excluding diaryl/α,β-unsaturated/α-hetero) is 1. The topological polar surface area (TPSA) is 43.1 Å². The van der Waals surface area contributed by atoms with Crippen LogP contribution in [0.1, 0.15) is 52.9 Å². The van der Waals surface area contributed by atoms with E-state index in [1.54, 1.807) is 0 Å². The van der Waals surface area contributed by atoms with E-state index >= 15 is 0 Å². The van der Waals surface area contributed by atoms with Crippen molar-refractivity contribution in [3.63, 3.8) is 0 Å². The summed E-state index contributed by atoms with van der Waals surface area (Å²) < 4.78 is 0. The predicted molar refractivity (Wildman–Crippen MR) is 63.6 cm³/mol. The van der Waals surface area contributed by atoms with Crippen molar-refractivity contribution in [3.05, 3.63) is 0 Å². The molecule has 2 nitrogen and oxygen atoms in total. The molecule has 0 aromatic rings. The van der Waals surface area contributed by atoms with Crippen LogP contribution in [0.2, 0.25) is 0 Å². The van der Waals surface area contributed by atoms with Crippen molar-refractivity contribution in [2.24, 2.45) is 23.5 Å². The van der Waals surface area contributed by atoms with Gasteiger partial charge in [0.15, 0.2) is 0 Å². The van der Waals surface area contributed by atoms with Gasteiger partial charge in [0, 0.05) is 18.4 Å². The molecule has 0 saturated heterocycles. The molecule has 1 aliphatic rings. The van der Waals surface area contributed by atoms with Gasteiger partial charge in [-0.25, -0.2) is 0 Å². The number of rotatable bonds is 4. The fraction of sp³-hybridized carbons (Fsp3) is 0.923. The molecular weight excluding hydrogens is 186 g/mol. The normalized spacial score (nSPS) is 29.1. The number of carbonyl (C=O) groups excluding carboxylic acids is 1. The summed E-state index contributed by atoms with van der Waals surface area (Å²) in [6.45, 7) is 6.45. The third-order valence-corrected chi connectivity index (χ3v) is 3.76. The van der Waals surface area contributed by atoms with Crippen molar-refractivity contribution >= 4 is 5.78 Å².